The zero-order valence-corrected chi connectivity index (χ0v) is 23.4. The number of carboxylic acid groups (broad SMARTS) is 1. The number of amides is 2. The van der Waals surface area contributed by atoms with Gasteiger partial charge < -0.3 is 19.5 Å². The summed E-state index contributed by atoms with van der Waals surface area (Å²) in [6.07, 6.45) is -0.941. The summed E-state index contributed by atoms with van der Waals surface area (Å²) >= 11 is 6.05. The summed E-state index contributed by atoms with van der Waals surface area (Å²) in [5.41, 5.74) is 1.48. The van der Waals surface area contributed by atoms with Gasteiger partial charge >= 0.3 is 6.09 Å². The molecule has 2 heterocycles. The largest absolute Gasteiger partial charge is 0.465 e. The van der Waals surface area contributed by atoms with Crippen molar-refractivity contribution in [3.63, 3.8) is 0 Å². The van der Waals surface area contributed by atoms with Gasteiger partial charge in [-0.15, -0.1) is 11.6 Å². The maximum absolute atomic E-state index is 15.0. The van der Waals surface area contributed by atoms with Crippen LogP contribution in [-0.4, -0.2) is 63.2 Å². The van der Waals surface area contributed by atoms with Gasteiger partial charge in [-0.1, -0.05) is 51.1 Å². The second kappa shape index (κ2) is 12.0. The quantitative estimate of drug-likeness (QED) is 0.308. The average Bonchev–Trinajstić information content (AvgIpc) is 3.47. The molecule has 0 saturated carbocycles. The number of carbonyl (C=O) groups is 2. The molecular formula is C30H33ClF3N3O3. The Hall–Kier alpha value is -3.46. The zero-order valence-electron chi connectivity index (χ0n) is 22.7. The summed E-state index contributed by atoms with van der Waals surface area (Å²) in [5, 5.41) is 9.38. The fourth-order valence-corrected chi connectivity index (χ4v) is 5.61. The van der Waals surface area contributed by atoms with Gasteiger partial charge in [-0.3, -0.25) is 4.79 Å². The molecule has 40 heavy (non-hydrogen) atoms. The first kappa shape index (κ1) is 29.5. The van der Waals surface area contributed by atoms with E-state index in [0.29, 0.717) is 17.8 Å². The van der Waals surface area contributed by atoms with E-state index in [0.717, 1.165) is 28.7 Å². The van der Waals surface area contributed by atoms with Gasteiger partial charge in [0.15, 0.2) is 0 Å². The van der Waals surface area contributed by atoms with E-state index >= 15 is 4.39 Å². The summed E-state index contributed by atoms with van der Waals surface area (Å²) in [7, 11) is 0. The number of alkyl halides is 2. The Morgan fingerprint density at radius 1 is 1.10 bits per heavy atom. The number of carbonyl (C=O) groups excluding carboxylic acids is 1. The number of nitrogens with zero attached hydrogens (tertiary/aromatic N) is 3. The van der Waals surface area contributed by atoms with Crippen LogP contribution in [0.15, 0.2) is 60.8 Å². The molecule has 0 bridgehead atoms. The number of halogens is 4. The molecule has 1 saturated heterocycles. The van der Waals surface area contributed by atoms with Gasteiger partial charge in [0.25, 0.3) is 0 Å². The lowest BCUT2D eigenvalue weighted by molar-refractivity contribution is -0.134. The predicted octanol–water partition coefficient (Wildman–Crippen LogP) is 6.58. The van der Waals surface area contributed by atoms with E-state index in [9.17, 15) is 23.5 Å². The summed E-state index contributed by atoms with van der Waals surface area (Å²) in [4.78, 5) is 27.4. The lowest BCUT2D eigenvalue weighted by Gasteiger charge is -2.42. The van der Waals surface area contributed by atoms with Crippen LogP contribution >= 0.6 is 11.6 Å². The van der Waals surface area contributed by atoms with Crippen molar-refractivity contribution in [1.29, 1.82) is 0 Å². The van der Waals surface area contributed by atoms with Gasteiger partial charge in [-0.05, 0) is 35.2 Å². The molecule has 214 valence electrons. The molecular weight excluding hydrogens is 543 g/mol. The van der Waals surface area contributed by atoms with Crippen LogP contribution < -0.4 is 0 Å². The van der Waals surface area contributed by atoms with Crippen LogP contribution in [0.25, 0.3) is 11.1 Å². The Kier molecular flexibility index (Phi) is 8.83. The average molecular weight is 576 g/mol. The van der Waals surface area contributed by atoms with Crippen molar-refractivity contribution in [2.45, 2.75) is 39.5 Å². The van der Waals surface area contributed by atoms with Crippen LogP contribution in [0.5, 0.6) is 0 Å². The third kappa shape index (κ3) is 6.46. The van der Waals surface area contributed by atoms with E-state index in [4.69, 9.17) is 11.6 Å². The van der Waals surface area contributed by atoms with Crippen LogP contribution in [0.4, 0.5) is 18.0 Å². The molecule has 1 aromatic heterocycles. The van der Waals surface area contributed by atoms with Crippen LogP contribution in [-0.2, 0) is 11.3 Å². The van der Waals surface area contributed by atoms with E-state index in [1.165, 1.54) is 4.90 Å². The maximum Gasteiger partial charge on any atom is 0.407 e. The number of hydrogen-bond donors (Lipinski definition) is 1. The summed E-state index contributed by atoms with van der Waals surface area (Å²) in [5.74, 6) is -2.72. The SMILES string of the molecule is CC(C)(C)[C@H](c1cc(-c2cc(F)ccc2F)cn1Cc1ccccc1)N(C[C@@H]1CN(C(=O)O)C[C@@H]1F)C(=O)CCl. The highest BCUT2D eigenvalue weighted by Gasteiger charge is 2.42. The Labute approximate surface area is 237 Å². The second-order valence-corrected chi connectivity index (χ2v) is 11.6. The predicted molar refractivity (Wildman–Crippen MR) is 148 cm³/mol. The molecule has 4 rings (SSSR count). The maximum atomic E-state index is 15.0. The topological polar surface area (TPSA) is 65.8 Å². The molecule has 2 amide bonds. The molecule has 0 aliphatic carbocycles. The van der Waals surface area contributed by atoms with E-state index < -0.39 is 47.2 Å². The fraction of sp³-hybridized carbons (Fsp3) is 0.400. The molecule has 1 N–H and O–H groups in total. The zero-order chi connectivity index (χ0) is 29.2. The van der Waals surface area contributed by atoms with E-state index in [1.54, 1.807) is 12.3 Å². The highest BCUT2D eigenvalue weighted by Crippen LogP contribution is 2.42. The number of benzene rings is 2. The van der Waals surface area contributed by atoms with Crippen LogP contribution in [0, 0.1) is 23.0 Å². The van der Waals surface area contributed by atoms with Crippen LogP contribution in [0.2, 0.25) is 0 Å². The lowest BCUT2D eigenvalue weighted by Crippen LogP contribution is -2.46. The van der Waals surface area contributed by atoms with Gasteiger partial charge in [0.2, 0.25) is 5.91 Å². The summed E-state index contributed by atoms with van der Waals surface area (Å²) < 4.78 is 45.9. The monoisotopic (exact) mass is 575 g/mol. The van der Waals surface area contributed by atoms with Crippen molar-refractivity contribution >= 4 is 23.6 Å². The molecule has 3 aromatic rings. The molecule has 10 heteroatoms. The lowest BCUT2D eigenvalue weighted by atomic mass is 9.82. The van der Waals surface area contributed by atoms with Crippen molar-refractivity contribution in [2.75, 3.05) is 25.5 Å². The highest BCUT2D eigenvalue weighted by atomic mass is 35.5. The molecule has 0 unspecified atom stereocenters. The molecule has 2 aromatic carbocycles. The van der Waals surface area contributed by atoms with Gasteiger partial charge in [0.1, 0.15) is 23.7 Å². The smallest absolute Gasteiger partial charge is 0.407 e. The molecule has 3 atom stereocenters. The third-order valence-corrected chi connectivity index (χ3v) is 7.50. The number of rotatable bonds is 8. The molecule has 1 aliphatic rings. The minimum absolute atomic E-state index is 0.0514. The summed E-state index contributed by atoms with van der Waals surface area (Å²) in [6, 6.07) is 13.9. The second-order valence-electron chi connectivity index (χ2n) is 11.3. The van der Waals surface area contributed by atoms with Gasteiger partial charge in [-0.25, -0.2) is 18.0 Å². The Morgan fingerprint density at radius 3 is 2.40 bits per heavy atom. The standard InChI is InChI=1S/C30H33ClF3N3O3/c1-30(2,3)28(37(27(38)13-31)17-21-16-36(29(39)40)18-25(21)34)26-11-20(23-12-22(32)9-10-24(23)33)15-35(26)14-19-7-5-4-6-8-19/h4-12,15,21,25,28H,13-14,16-18H2,1-3H3,(H,39,40)/t21-,25-,28-/m0/s1. The summed E-state index contributed by atoms with van der Waals surface area (Å²) in [6.45, 7) is 5.79. The number of hydrogen-bond acceptors (Lipinski definition) is 2. The Balaban J connectivity index is 1.84. The molecule has 1 aliphatic heterocycles. The first-order valence-corrected chi connectivity index (χ1v) is 13.6. The van der Waals surface area contributed by atoms with Gasteiger partial charge in [0, 0.05) is 48.6 Å². The Morgan fingerprint density at radius 2 is 1.80 bits per heavy atom. The van der Waals surface area contributed by atoms with Crippen molar-refractivity contribution in [1.82, 2.24) is 14.4 Å². The fourth-order valence-electron chi connectivity index (χ4n) is 5.45. The molecule has 0 spiro atoms. The van der Waals surface area contributed by atoms with Crippen molar-refractivity contribution in [3.05, 3.63) is 83.7 Å². The highest BCUT2D eigenvalue weighted by molar-refractivity contribution is 6.27. The van der Waals surface area contributed by atoms with Crippen molar-refractivity contribution < 1.29 is 27.9 Å². The van der Waals surface area contributed by atoms with Crippen molar-refractivity contribution in [3.8, 4) is 11.1 Å². The van der Waals surface area contributed by atoms with Crippen molar-refractivity contribution in [2.24, 2.45) is 11.3 Å². The van der Waals surface area contributed by atoms with E-state index in [-0.39, 0.29) is 31.1 Å². The minimum Gasteiger partial charge on any atom is -0.465 e. The van der Waals surface area contributed by atoms with Crippen LogP contribution in [0.3, 0.4) is 0 Å². The van der Waals surface area contributed by atoms with Gasteiger partial charge in [0.05, 0.1) is 12.6 Å². The molecule has 6 nitrogen and oxygen atoms in total. The normalized spacial score (nSPS) is 18.1. The number of likely N-dealkylation sites (tertiary alicyclic amines) is 1. The minimum atomic E-state index is -1.45. The Bertz CT molecular complexity index is 1360. The number of aromatic nitrogens is 1. The van der Waals surface area contributed by atoms with Gasteiger partial charge in [-0.2, -0.15) is 0 Å². The first-order valence-electron chi connectivity index (χ1n) is 13.1. The van der Waals surface area contributed by atoms with E-state index in [1.807, 2.05) is 55.7 Å². The molecule has 1 fully saturated rings. The van der Waals surface area contributed by atoms with E-state index in [2.05, 4.69) is 0 Å². The third-order valence-electron chi connectivity index (χ3n) is 7.27. The van der Waals surface area contributed by atoms with Crippen LogP contribution in [0.1, 0.15) is 38.1 Å². The first-order chi connectivity index (χ1) is 18.9. The molecule has 0 radical (unpaired) electrons.